The Kier molecular flexibility index (Phi) is 6.74. The zero-order chi connectivity index (χ0) is 23.8. The van der Waals surface area contributed by atoms with E-state index in [1.807, 2.05) is 29.2 Å². The summed E-state index contributed by atoms with van der Waals surface area (Å²) < 4.78 is 5.83. The first-order chi connectivity index (χ1) is 16.4. The van der Waals surface area contributed by atoms with Gasteiger partial charge in [-0.3, -0.25) is 9.59 Å². The summed E-state index contributed by atoms with van der Waals surface area (Å²) in [6.07, 6.45) is 1.71. The van der Waals surface area contributed by atoms with Crippen LogP contribution in [0.15, 0.2) is 42.5 Å². The average molecular weight is 503 g/mol. The predicted molar refractivity (Wildman–Crippen MR) is 130 cm³/mol. The first-order valence-electron chi connectivity index (χ1n) is 11.9. The number of nitrogens with one attached hydrogen (secondary N) is 1. The lowest BCUT2D eigenvalue weighted by atomic mass is 9.83. The Morgan fingerprint density at radius 3 is 2.35 bits per heavy atom. The third-order valence-electron chi connectivity index (χ3n) is 7.29. The van der Waals surface area contributed by atoms with Crippen molar-refractivity contribution < 1.29 is 19.4 Å². The van der Waals surface area contributed by atoms with Crippen molar-refractivity contribution in [1.82, 2.24) is 10.2 Å². The molecule has 0 radical (unpaired) electrons. The van der Waals surface area contributed by atoms with Gasteiger partial charge < -0.3 is 20.1 Å². The first kappa shape index (κ1) is 23.5. The number of carbonyl (C=O) groups is 2. The Morgan fingerprint density at radius 1 is 0.971 bits per heavy atom. The maximum Gasteiger partial charge on any atom is 0.261 e. The smallest absolute Gasteiger partial charge is 0.261 e. The van der Waals surface area contributed by atoms with Crippen LogP contribution in [-0.2, 0) is 9.59 Å². The van der Waals surface area contributed by atoms with Gasteiger partial charge in [-0.2, -0.15) is 0 Å². The van der Waals surface area contributed by atoms with Crippen LogP contribution >= 0.6 is 23.2 Å². The molecule has 2 atom stereocenters. The standard InChI is InChI=1S/C26H28Cl2N2O4/c27-18-5-1-15(2-6-18)17-13-30(14-17)26(33)16-3-8-20(9-4-16)29-25(32)24-12-22(31)21-11-19(28)7-10-23(21)34-24/h1-2,5-7,10-11,16-17,20,22,24,31H,3-4,8-9,12-14H2,(H,29,32)/t16?,20?,22-,24-/m1/s1. The molecule has 3 aliphatic rings. The number of ether oxygens (including phenoxy) is 1. The number of likely N-dealkylation sites (tertiary alicyclic amines) is 1. The second-order valence-electron chi connectivity index (χ2n) is 9.59. The van der Waals surface area contributed by atoms with Gasteiger partial charge in [-0.15, -0.1) is 0 Å². The van der Waals surface area contributed by atoms with Crippen molar-refractivity contribution in [2.24, 2.45) is 5.92 Å². The third kappa shape index (κ3) is 4.90. The van der Waals surface area contributed by atoms with Gasteiger partial charge in [-0.05, 0) is 61.6 Å². The van der Waals surface area contributed by atoms with Crippen molar-refractivity contribution in [3.05, 3.63) is 63.6 Å². The summed E-state index contributed by atoms with van der Waals surface area (Å²) in [7, 11) is 0. The number of hydrogen-bond donors (Lipinski definition) is 2. The maximum absolute atomic E-state index is 12.9. The molecule has 0 aromatic heterocycles. The van der Waals surface area contributed by atoms with Crippen LogP contribution in [0.2, 0.25) is 10.0 Å². The zero-order valence-electron chi connectivity index (χ0n) is 18.8. The van der Waals surface area contributed by atoms with E-state index < -0.39 is 12.2 Å². The minimum absolute atomic E-state index is 0.0158. The fourth-order valence-corrected chi connectivity index (χ4v) is 5.53. The number of carbonyl (C=O) groups excluding carboxylic acids is 2. The molecular formula is C26H28Cl2N2O4. The van der Waals surface area contributed by atoms with E-state index in [4.69, 9.17) is 27.9 Å². The summed E-state index contributed by atoms with van der Waals surface area (Å²) in [4.78, 5) is 27.7. The number of aliphatic hydroxyl groups excluding tert-OH is 1. The highest BCUT2D eigenvalue weighted by Gasteiger charge is 2.38. The second kappa shape index (κ2) is 9.76. The van der Waals surface area contributed by atoms with Crippen LogP contribution in [0.5, 0.6) is 5.75 Å². The fourth-order valence-electron chi connectivity index (χ4n) is 5.22. The number of benzene rings is 2. The van der Waals surface area contributed by atoms with Gasteiger partial charge in [0, 0.05) is 53.0 Å². The number of amides is 2. The molecule has 34 heavy (non-hydrogen) atoms. The van der Waals surface area contributed by atoms with Gasteiger partial charge in [0.2, 0.25) is 5.91 Å². The number of halogens is 2. The van der Waals surface area contributed by atoms with Gasteiger partial charge in [0.05, 0.1) is 6.10 Å². The molecule has 0 spiro atoms. The average Bonchev–Trinajstić information content (AvgIpc) is 2.80. The van der Waals surface area contributed by atoms with Gasteiger partial charge in [-0.25, -0.2) is 0 Å². The Balaban J connectivity index is 1.08. The third-order valence-corrected chi connectivity index (χ3v) is 7.77. The normalized spacial score (nSPS) is 26.7. The monoisotopic (exact) mass is 502 g/mol. The molecule has 1 aliphatic carbocycles. The molecule has 2 aromatic rings. The molecule has 6 nitrogen and oxygen atoms in total. The molecule has 0 bridgehead atoms. The van der Waals surface area contributed by atoms with Gasteiger partial charge in [0.15, 0.2) is 6.10 Å². The summed E-state index contributed by atoms with van der Waals surface area (Å²) in [5, 5.41) is 14.7. The summed E-state index contributed by atoms with van der Waals surface area (Å²) >= 11 is 12.0. The van der Waals surface area contributed by atoms with Gasteiger partial charge >= 0.3 is 0 Å². The van der Waals surface area contributed by atoms with Crippen molar-refractivity contribution in [1.29, 1.82) is 0 Å². The maximum atomic E-state index is 12.9. The SMILES string of the molecule is O=C(NC1CCC(C(=O)N2CC(c3ccc(Cl)cc3)C2)CC1)[C@H]1C[C@@H](O)c2cc(Cl)ccc2O1. The van der Waals surface area contributed by atoms with E-state index in [9.17, 15) is 14.7 Å². The number of nitrogens with zero attached hydrogens (tertiary/aromatic N) is 1. The lowest BCUT2D eigenvalue weighted by Gasteiger charge is -2.42. The highest BCUT2D eigenvalue weighted by molar-refractivity contribution is 6.30. The molecule has 1 saturated heterocycles. The molecule has 5 rings (SSSR count). The lowest BCUT2D eigenvalue weighted by Crippen LogP contribution is -2.52. The van der Waals surface area contributed by atoms with E-state index in [1.54, 1.807) is 18.2 Å². The molecule has 2 heterocycles. The van der Waals surface area contributed by atoms with Crippen LogP contribution in [0.1, 0.15) is 55.3 Å². The van der Waals surface area contributed by atoms with Gasteiger partial charge in [0.25, 0.3) is 5.91 Å². The molecule has 2 N–H and O–H groups in total. The minimum atomic E-state index is -0.792. The van der Waals surface area contributed by atoms with Crippen LogP contribution in [0.25, 0.3) is 0 Å². The van der Waals surface area contributed by atoms with Crippen molar-refractivity contribution in [3.8, 4) is 5.75 Å². The Labute approximate surface area is 209 Å². The van der Waals surface area contributed by atoms with Crippen LogP contribution in [-0.4, -0.2) is 47.1 Å². The van der Waals surface area contributed by atoms with E-state index in [0.717, 1.165) is 43.8 Å². The second-order valence-corrected chi connectivity index (χ2v) is 10.5. The Bertz CT molecular complexity index is 1060. The van der Waals surface area contributed by atoms with Crippen molar-refractivity contribution in [3.63, 3.8) is 0 Å². The van der Waals surface area contributed by atoms with Crippen molar-refractivity contribution >= 4 is 35.0 Å². The molecule has 2 aromatic carbocycles. The summed E-state index contributed by atoms with van der Waals surface area (Å²) in [5.41, 5.74) is 1.83. The number of fused-ring (bicyclic) bond motifs is 1. The fraction of sp³-hybridized carbons (Fsp3) is 0.462. The molecular weight excluding hydrogens is 475 g/mol. The molecule has 2 fully saturated rings. The van der Waals surface area contributed by atoms with E-state index in [0.29, 0.717) is 22.3 Å². The quantitative estimate of drug-likeness (QED) is 0.645. The van der Waals surface area contributed by atoms with E-state index in [-0.39, 0.29) is 30.2 Å². The number of aliphatic hydroxyl groups is 1. The zero-order valence-corrected chi connectivity index (χ0v) is 20.3. The molecule has 1 saturated carbocycles. The largest absolute Gasteiger partial charge is 0.480 e. The van der Waals surface area contributed by atoms with Crippen LogP contribution < -0.4 is 10.1 Å². The predicted octanol–water partition coefficient (Wildman–Crippen LogP) is 4.48. The summed E-state index contributed by atoms with van der Waals surface area (Å²) in [6, 6.07) is 12.9. The van der Waals surface area contributed by atoms with Gasteiger partial charge in [-0.1, -0.05) is 35.3 Å². The topological polar surface area (TPSA) is 78.9 Å². The van der Waals surface area contributed by atoms with Crippen LogP contribution in [0.4, 0.5) is 0 Å². The Hall–Kier alpha value is -2.28. The number of rotatable bonds is 4. The van der Waals surface area contributed by atoms with E-state index in [2.05, 4.69) is 5.32 Å². The van der Waals surface area contributed by atoms with Gasteiger partial charge in [0.1, 0.15) is 5.75 Å². The van der Waals surface area contributed by atoms with E-state index in [1.165, 1.54) is 5.56 Å². The number of hydrogen-bond acceptors (Lipinski definition) is 4. The lowest BCUT2D eigenvalue weighted by molar-refractivity contribution is -0.141. The summed E-state index contributed by atoms with van der Waals surface area (Å²) in [6.45, 7) is 1.51. The van der Waals surface area contributed by atoms with Crippen molar-refractivity contribution in [2.45, 2.75) is 56.3 Å². The highest BCUT2D eigenvalue weighted by Crippen LogP contribution is 2.37. The molecule has 2 amide bonds. The molecule has 180 valence electrons. The molecule has 2 aliphatic heterocycles. The van der Waals surface area contributed by atoms with Crippen LogP contribution in [0.3, 0.4) is 0 Å². The summed E-state index contributed by atoms with van der Waals surface area (Å²) in [5.74, 6) is 0.892. The highest BCUT2D eigenvalue weighted by atomic mass is 35.5. The Morgan fingerprint density at radius 2 is 1.65 bits per heavy atom. The van der Waals surface area contributed by atoms with Crippen LogP contribution in [0, 0.1) is 5.92 Å². The first-order valence-corrected chi connectivity index (χ1v) is 12.6. The minimum Gasteiger partial charge on any atom is -0.480 e. The van der Waals surface area contributed by atoms with E-state index >= 15 is 0 Å². The van der Waals surface area contributed by atoms with Crippen molar-refractivity contribution in [2.75, 3.05) is 13.1 Å². The molecule has 0 unspecified atom stereocenters. The molecule has 8 heteroatoms.